The number of aryl methyl sites for hydroxylation is 1. The molecule has 2 heterocycles. The second kappa shape index (κ2) is 4.51. The predicted octanol–water partition coefficient (Wildman–Crippen LogP) is 1.97. The van der Waals surface area contributed by atoms with Gasteiger partial charge in [-0.2, -0.15) is 0 Å². The normalized spacial score (nSPS) is 13.4. The summed E-state index contributed by atoms with van der Waals surface area (Å²) in [6.07, 6.45) is 4.67. The van der Waals surface area contributed by atoms with Crippen LogP contribution in [0.3, 0.4) is 0 Å². The van der Waals surface area contributed by atoms with Gasteiger partial charge in [0.15, 0.2) is 5.82 Å². The quantitative estimate of drug-likeness (QED) is 0.638. The monoisotopic (exact) mass is 261 g/mol. The fourth-order valence-electron chi connectivity index (χ4n) is 2.21. The first-order chi connectivity index (χ1) is 8.79. The molecule has 3 rings (SSSR count). The molecule has 1 aliphatic rings. The molecule has 6 heteroatoms. The molecule has 0 saturated heterocycles. The summed E-state index contributed by atoms with van der Waals surface area (Å²) >= 11 is 6.11. The number of anilines is 1. The van der Waals surface area contributed by atoms with Crippen LogP contribution in [0.2, 0.25) is 5.02 Å². The van der Waals surface area contributed by atoms with E-state index >= 15 is 0 Å². The van der Waals surface area contributed by atoms with Crippen molar-refractivity contribution in [2.75, 3.05) is 5.43 Å². The number of rotatable bonds is 2. The lowest BCUT2D eigenvalue weighted by Crippen LogP contribution is -2.13. The van der Waals surface area contributed by atoms with E-state index in [2.05, 4.69) is 20.4 Å². The van der Waals surface area contributed by atoms with Gasteiger partial charge in [0.2, 0.25) is 0 Å². The van der Waals surface area contributed by atoms with Crippen molar-refractivity contribution in [3.05, 3.63) is 34.6 Å². The first kappa shape index (κ1) is 11.4. The standard InChI is InChI=1S/C12H12ClN5/c13-8-4-2-6-15-10(8)12-16-9-5-1-3-7(9)11(17-12)18-14/h2,4,6H,1,3,5,14H2,(H,16,17,18). The summed E-state index contributed by atoms with van der Waals surface area (Å²) in [4.78, 5) is 13.2. The molecule has 1 aliphatic carbocycles. The highest BCUT2D eigenvalue weighted by Gasteiger charge is 2.20. The van der Waals surface area contributed by atoms with Crippen LogP contribution in [0.1, 0.15) is 17.7 Å². The van der Waals surface area contributed by atoms with E-state index < -0.39 is 0 Å². The summed E-state index contributed by atoms with van der Waals surface area (Å²) in [7, 11) is 0. The van der Waals surface area contributed by atoms with E-state index in [1.165, 1.54) is 0 Å². The number of nitrogens with zero attached hydrogens (tertiary/aromatic N) is 3. The van der Waals surface area contributed by atoms with E-state index in [1.807, 2.05) is 0 Å². The largest absolute Gasteiger partial charge is 0.308 e. The average Bonchev–Trinajstić information content (AvgIpc) is 2.86. The second-order valence-electron chi connectivity index (χ2n) is 4.15. The molecule has 0 unspecified atom stereocenters. The molecule has 92 valence electrons. The topological polar surface area (TPSA) is 76.7 Å². The van der Waals surface area contributed by atoms with Gasteiger partial charge < -0.3 is 5.43 Å². The number of hydrazine groups is 1. The lowest BCUT2D eigenvalue weighted by atomic mass is 10.2. The molecule has 0 bridgehead atoms. The number of nitrogens with two attached hydrogens (primary N) is 1. The third-order valence-electron chi connectivity index (χ3n) is 3.04. The van der Waals surface area contributed by atoms with Gasteiger partial charge >= 0.3 is 0 Å². The molecule has 0 aromatic carbocycles. The van der Waals surface area contributed by atoms with E-state index in [4.69, 9.17) is 17.4 Å². The molecule has 0 fully saturated rings. The third-order valence-corrected chi connectivity index (χ3v) is 3.35. The molecule has 0 aliphatic heterocycles. The Bertz CT molecular complexity index is 599. The molecule has 5 nitrogen and oxygen atoms in total. The van der Waals surface area contributed by atoms with Crippen LogP contribution >= 0.6 is 11.6 Å². The smallest absolute Gasteiger partial charge is 0.182 e. The SMILES string of the molecule is NNc1nc(-c2ncccc2Cl)nc2c1CCC2. The number of fused-ring (bicyclic) bond motifs is 1. The van der Waals surface area contributed by atoms with Gasteiger partial charge in [0.05, 0.1) is 5.02 Å². The highest BCUT2D eigenvalue weighted by molar-refractivity contribution is 6.32. The molecule has 0 amide bonds. The van der Waals surface area contributed by atoms with Crippen molar-refractivity contribution in [1.82, 2.24) is 15.0 Å². The first-order valence-corrected chi connectivity index (χ1v) is 6.14. The Hall–Kier alpha value is -1.72. The zero-order chi connectivity index (χ0) is 12.5. The molecule has 18 heavy (non-hydrogen) atoms. The molecule has 3 N–H and O–H groups in total. The fourth-order valence-corrected chi connectivity index (χ4v) is 2.41. The first-order valence-electron chi connectivity index (χ1n) is 5.77. The maximum Gasteiger partial charge on any atom is 0.182 e. The highest BCUT2D eigenvalue weighted by atomic mass is 35.5. The lowest BCUT2D eigenvalue weighted by Gasteiger charge is -2.09. The van der Waals surface area contributed by atoms with E-state index in [9.17, 15) is 0 Å². The van der Waals surface area contributed by atoms with E-state index in [-0.39, 0.29) is 0 Å². The van der Waals surface area contributed by atoms with Gasteiger partial charge in [0.1, 0.15) is 11.5 Å². The Balaban J connectivity index is 2.17. The van der Waals surface area contributed by atoms with Crippen molar-refractivity contribution < 1.29 is 0 Å². The van der Waals surface area contributed by atoms with Crippen molar-refractivity contribution >= 4 is 17.4 Å². The van der Waals surface area contributed by atoms with Crippen LogP contribution in [0.25, 0.3) is 11.5 Å². The zero-order valence-electron chi connectivity index (χ0n) is 9.65. The van der Waals surface area contributed by atoms with Crippen molar-refractivity contribution in [2.24, 2.45) is 5.84 Å². The number of nitrogen functional groups attached to an aromatic ring is 1. The van der Waals surface area contributed by atoms with Gasteiger partial charge in [-0.15, -0.1) is 0 Å². The number of hydrogen-bond acceptors (Lipinski definition) is 5. The van der Waals surface area contributed by atoms with Crippen LogP contribution in [0.4, 0.5) is 5.82 Å². The summed E-state index contributed by atoms with van der Waals surface area (Å²) in [5.74, 6) is 6.71. The van der Waals surface area contributed by atoms with Gasteiger partial charge in [-0.3, -0.25) is 4.98 Å². The van der Waals surface area contributed by atoms with Gasteiger partial charge in [-0.05, 0) is 31.4 Å². The number of nitrogens with one attached hydrogen (secondary N) is 1. The van der Waals surface area contributed by atoms with Crippen LogP contribution in [0, 0.1) is 0 Å². The molecule has 0 radical (unpaired) electrons. The van der Waals surface area contributed by atoms with Gasteiger partial charge in [-0.25, -0.2) is 15.8 Å². The number of hydrogen-bond donors (Lipinski definition) is 2. The van der Waals surface area contributed by atoms with E-state index in [1.54, 1.807) is 18.3 Å². The van der Waals surface area contributed by atoms with Gasteiger partial charge in [-0.1, -0.05) is 11.6 Å². The Morgan fingerprint density at radius 3 is 2.94 bits per heavy atom. The predicted molar refractivity (Wildman–Crippen MR) is 70.1 cm³/mol. The Labute approximate surface area is 109 Å². The van der Waals surface area contributed by atoms with Gasteiger partial charge in [0, 0.05) is 17.5 Å². The summed E-state index contributed by atoms with van der Waals surface area (Å²) in [5.41, 5.74) is 5.36. The number of halogens is 1. The Morgan fingerprint density at radius 2 is 2.17 bits per heavy atom. The summed E-state index contributed by atoms with van der Waals surface area (Å²) < 4.78 is 0. The molecule has 0 atom stereocenters. The molecule has 0 saturated carbocycles. The van der Waals surface area contributed by atoms with Crippen LogP contribution in [-0.2, 0) is 12.8 Å². The minimum atomic E-state index is 0.522. The maximum absolute atomic E-state index is 6.11. The van der Waals surface area contributed by atoms with Crippen LogP contribution in [-0.4, -0.2) is 15.0 Å². The minimum absolute atomic E-state index is 0.522. The third kappa shape index (κ3) is 1.81. The average molecular weight is 262 g/mol. The second-order valence-corrected chi connectivity index (χ2v) is 4.56. The van der Waals surface area contributed by atoms with Gasteiger partial charge in [0.25, 0.3) is 0 Å². The number of pyridine rings is 1. The van der Waals surface area contributed by atoms with E-state index in [0.717, 1.165) is 30.5 Å². The Kier molecular flexibility index (Phi) is 2.85. The summed E-state index contributed by atoms with van der Waals surface area (Å²) in [5, 5.41) is 0.540. The van der Waals surface area contributed by atoms with Crippen LogP contribution in [0.15, 0.2) is 18.3 Å². The minimum Gasteiger partial charge on any atom is -0.308 e. The number of aromatic nitrogens is 3. The highest BCUT2D eigenvalue weighted by Crippen LogP contribution is 2.30. The molecule has 0 spiro atoms. The van der Waals surface area contributed by atoms with Crippen molar-refractivity contribution in [3.8, 4) is 11.5 Å². The molecule has 2 aromatic heterocycles. The Morgan fingerprint density at radius 1 is 1.28 bits per heavy atom. The van der Waals surface area contributed by atoms with Crippen molar-refractivity contribution in [2.45, 2.75) is 19.3 Å². The molecular weight excluding hydrogens is 250 g/mol. The van der Waals surface area contributed by atoms with Crippen LogP contribution in [0.5, 0.6) is 0 Å². The molecular formula is C12H12ClN5. The van der Waals surface area contributed by atoms with Crippen molar-refractivity contribution in [3.63, 3.8) is 0 Å². The molecule has 2 aromatic rings. The summed E-state index contributed by atoms with van der Waals surface area (Å²) in [6, 6.07) is 3.55. The fraction of sp³-hybridized carbons (Fsp3) is 0.250. The lowest BCUT2D eigenvalue weighted by molar-refractivity contribution is 0.899. The summed E-state index contributed by atoms with van der Waals surface area (Å²) in [6.45, 7) is 0. The van der Waals surface area contributed by atoms with Crippen LogP contribution < -0.4 is 11.3 Å². The maximum atomic E-state index is 6.11. The van der Waals surface area contributed by atoms with E-state index in [0.29, 0.717) is 22.4 Å². The zero-order valence-corrected chi connectivity index (χ0v) is 10.4. The van der Waals surface area contributed by atoms with Crippen molar-refractivity contribution in [1.29, 1.82) is 0 Å².